The molecule has 11 heteroatoms. The Hall–Kier alpha value is -5.84. The minimum absolute atomic E-state index is 0.260. The first-order valence-electron chi connectivity index (χ1n) is 13.2. The van der Waals surface area contributed by atoms with E-state index in [1.807, 2.05) is 60.8 Å². The van der Waals surface area contributed by atoms with Gasteiger partial charge in [-0.1, -0.05) is 35.4 Å². The number of carbonyl (C=O) groups excluding carboxylic acids is 1. The lowest BCUT2D eigenvalue weighted by Gasteiger charge is -2.14. The molecule has 0 aliphatic heterocycles. The molecule has 208 valence electrons. The van der Waals surface area contributed by atoms with E-state index in [2.05, 4.69) is 36.1 Å². The molecule has 6 rings (SSSR count). The molecule has 0 saturated carbocycles. The van der Waals surface area contributed by atoms with Crippen molar-refractivity contribution in [1.29, 1.82) is 0 Å². The van der Waals surface area contributed by atoms with Gasteiger partial charge in [0.05, 0.1) is 11.2 Å². The number of anilines is 1. The number of nitrogens with one attached hydrogen (secondary N) is 3. The van der Waals surface area contributed by atoms with Crippen LogP contribution in [0.2, 0.25) is 0 Å². The largest absolute Gasteiger partial charge is 0.477 e. The molecular weight excluding hydrogens is 532 g/mol. The number of aryl methyl sites for hydroxylation is 2. The quantitative estimate of drug-likeness (QED) is 0.195. The summed E-state index contributed by atoms with van der Waals surface area (Å²) in [4.78, 5) is 32.9. The molecule has 4 N–H and O–H groups in total. The molecule has 11 nitrogen and oxygen atoms in total. The van der Waals surface area contributed by atoms with Crippen molar-refractivity contribution in [3.8, 4) is 5.69 Å². The third-order valence-electron chi connectivity index (χ3n) is 6.98. The Bertz CT molecular complexity index is 1980. The second kappa shape index (κ2) is 11.0. The summed E-state index contributed by atoms with van der Waals surface area (Å²) in [7, 11) is 0. The standard InChI is InChI=1S/C31H26N8O3/c1-18-12-23(39-31(36-37-38-39)34-17-22-7-5-9-26-24(22)10-11-32-26)13-19(2)28(18)29(40)35-27(30(41)42)15-20-14-21-6-3-4-8-25(21)33-16-20/h3-16,32H,17H2,1-2H3,(H,35,40)(H,41,42)(H,34,36,38). The van der Waals surface area contributed by atoms with Crippen LogP contribution < -0.4 is 10.6 Å². The molecule has 6 aromatic rings. The molecule has 0 fully saturated rings. The lowest BCUT2D eigenvalue weighted by Crippen LogP contribution is -2.28. The zero-order chi connectivity index (χ0) is 29.2. The highest BCUT2D eigenvalue weighted by atomic mass is 16.4. The van der Waals surface area contributed by atoms with E-state index in [1.165, 1.54) is 6.08 Å². The molecule has 0 aliphatic carbocycles. The Kier molecular flexibility index (Phi) is 6.89. The van der Waals surface area contributed by atoms with Crippen LogP contribution in [0, 0.1) is 13.8 Å². The fraction of sp³-hybridized carbons (Fsp3) is 0.0968. The van der Waals surface area contributed by atoms with Crippen LogP contribution in [0.5, 0.6) is 0 Å². The van der Waals surface area contributed by atoms with Gasteiger partial charge in [0.25, 0.3) is 5.91 Å². The van der Waals surface area contributed by atoms with Crippen LogP contribution in [0.1, 0.15) is 32.6 Å². The summed E-state index contributed by atoms with van der Waals surface area (Å²) in [6.07, 6.45) is 4.86. The molecule has 0 atom stereocenters. The topological polar surface area (TPSA) is 151 Å². The maximum atomic E-state index is 13.3. The van der Waals surface area contributed by atoms with E-state index in [4.69, 9.17) is 0 Å². The van der Waals surface area contributed by atoms with E-state index < -0.39 is 11.9 Å². The number of aromatic amines is 1. The first-order chi connectivity index (χ1) is 20.4. The number of carbonyl (C=O) groups is 2. The van der Waals surface area contributed by atoms with Crippen molar-refractivity contribution < 1.29 is 14.7 Å². The Morgan fingerprint density at radius 1 is 1.02 bits per heavy atom. The number of amides is 1. The number of benzene rings is 3. The highest BCUT2D eigenvalue weighted by Crippen LogP contribution is 2.23. The molecular formula is C31H26N8O3. The molecule has 3 heterocycles. The highest BCUT2D eigenvalue weighted by molar-refractivity contribution is 6.04. The van der Waals surface area contributed by atoms with E-state index >= 15 is 0 Å². The number of H-pyrrole nitrogens is 1. The average molecular weight is 559 g/mol. The van der Waals surface area contributed by atoms with Gasteiger partial charge in [-0.15, -0.1) is 0 Å². The van der Waals surface area contributed by atoms with Gasteiger partial charge >= 0.3 is 5.97 Å². The maximum Gasteiger partial charge on any atom is 0.352 e. The fourth-order valence-electron chi connectivity index (χ4n) is 5.04. The number of hydrogen-bond donors (Lipinski definition) is 4. The van der Waals surface area contributed by atoms with Gasteiger partial charge in [-0.3, -0.25) is 9.78 Å². The van der Waals surface area contributed by atoms with Crippen molar-refractivity contribution in [3.63, 3.8) is 0 Å². The van der Waals surface area contributed by atoms with Crippen molar-refractivity contribution >= 4 is 45.7 Å². The van der Waals surface area contributed by atoms with Gasteiger partial charge in [-0.2, -0.15) is 4.68 Å². The number of fused-ring (bicyclic) bond motifs is 2. The Morgan fingerprint density at radius 2 is 1.83 bits per heavy atom. The van der Waals surface area contributed by atoms with Crippen molar-refractivity contribution in [2.24, 2.45) is 0 Å². The number of para-hydroxylation sites is 1. The van der Waals surface area contributed by atoms with Crippen LogP contribution in [-0.4, -0.2) is 47.2 Å². The first kappa shape index (κ1) is 26.4. The van der Waals surface area contributed by atoms with Gasteiger partial charge in [0.2, 0.25) is 5.95 Å². The molecule has 0 aliphatic rings. The van der Waals surface area contributed by atoms with E-state index in [0.717, 1.165) is 27.4 Å². The Balaban J connectivity index is 1.23. The van der Waals surface area contributed by atoms with Crippen LogP contribution >= 0.6 is 0 Å². The van der Waals surface area contributed by atoms with E-state index in [0.29, 0.717) is 40.4 Å². The third kappa shape index (κ3) is 5.18. The van der Waals surface area contributed by atoms with Gasteiger partial charge in [0.15, 0.2) is 0 Å². The highest BCUT2D eigenvalue weighted by Gasteiger charge is 2.19. The Labute approximate surface area is 239 Å². The van der Waals surface area contributed by atoms with Crippen LogP contribution in [-0.2, 0) is 11.3 Å². The molecule has 0 unspecified atom stereocenters. The average Bonchev–Trinajstić information content (AvgIpc) is 3.65. The molecule has 0 bridgehead atoms. The van der Waals surface area contributed by atoms with Crippen molar-refractivity contribution in [2.45, 2.75) is 20.4 Å². The summed E-state index contributed by atoms with van der Waals surface area (Å²) in [5.74, 6) is -1.35. The summed E-state index contributed by atoms with van der Waals surface area (Å²) in [6.45, 7) is 4.07. The van der Waals surface area contributed by atoms with Gasteiger partial charge in [0, 0.05) is 40.8 Å². The van der Waals surface area contributed by atoms with E-state index in [9.17, 15) is 14.7 Å². The first-order valence-corrected chi connectivity index (χ1v) is 13.2. The summed E-state index contributed by atoms with van der Waals surface area (Å²) < 4.78 is 1.56. The predicted molar refractivity (Wildman–Crippen MR) is 159 cm³/mol. The number of aromatic nitrogens is 6. The number of nitrogens with zero attached hydrogens (tertiary/aromatic N) is 5. The SMILES string of the molecule is Cc1cc(-n2nnnc2NCc2cccc3[nH]ccc23)cc(C)c1C(=O)NC(=Cc1cnc2ccccc2c1)C(=O)O. The summed E-state index contributed by atoms with van der Waals surface area (Å²) in [6, 6.07) is 21.0. The smallest absolute Gasteiger partial charge is 0.352 e. The lowest BCUT2D eigenvalue weighted by molar-refractivity contribution is -0.132. The van der Waals surface area contributed by atoms with Crippen LogP contribution in [0.15, 0.2) is 84.8 Å². The molecule has 3 aromatic heterocycles. The lowest BCUT2D eigenvalue weighted by atomic mass is 10.0. The molecule has 1 amide bonds. The number of pyridine rings is 1. The Morgan fingerprint density at radius 3 is 2.64 bits per heavy atom. The maximum absolute atomic E-state index is 13.3. The van der Waals surface area contributed by atoms with Crippen molar-refractivity contribution in [3.05, 3.63) is 113 Å². The van der Waals surface area contributed by atoms with Crippen LogP contribution in [0.3, 0.4) is 0 Å². The number of hydrogen-bond acceptors (Lipinski definition) is 7. The van der Waals surface area contributed by atoms with Crippen LogP contribution in [0.4, 0.5) is 5.95 Å². The number of rotatable bonds is 8. The number of aliphatic carboxylic acids is 1. The summed E-state index contributed by atoms with van der Waals surface area (Å²) >= 11 is 0. The zero-order valence-corrected chi connectivity index (χ0v) is 22.8. The molecule has 0 radical (unpaired) electrons. The predicted octanol–water partition coefficient (Wildman–Crippen LogP) is 4.78. The van der Waals surface area contributed by atoms with Gasteiger partial charge < -0.3 is 20.7 Å². The zero-order valence-electron chi connectivity index (χ0n) is 22.8. The van der Waals surface area contributed by atoms with Crippen molar-refractivity contribution in [2.75, 3.05) is 5.32 Å². The van der Waals surface area contributed by atoms with Crippen LogP contribution in [0.25, 0.3) is 33.6 Å². The molecule has 0 saturated heterocycles. The second-order valence-corrected chi connectivity index (χ2v) is 9.86. The van der Waals surface area contributed by atoms with Gasteiger partial charge in [-0.25, -0.2) is 4.79 Å². The number of tetrazole rings is 1. The molecule has 42 heavy (non-hydrogen) atoms. The monoisotopic (exact) mass is 558 g/mol. The number of carboxylic acids is 1. The fourth-order valence-corrected chi connectivity index (χ4v) is 5.04. The number of carboxylic acid groups (broad SMARTS) is 1. The molecule has 0 spiro atoms. The molecule has 3 aromatic carbocycles. The van der Waals surface area contributed by atoms with E-state index in [1.54, 1.807) is 36.9 Å². The van der Waals surface area contributed by atoms with Gasteiger partial charge in [0.1, 0.15) is 5.70 Å². The normalized spacial score (nSPS) is 11.6. The summed E-state index contributed by atoms with van der Waals surface area (Å²) in [5.41, 5.74) is 5.52. The van der Waals surface area contributed by atoms with Crippen molar-refractivity contribution in [1.82, 2.24) is 35.5 Å². The van der Waals surface area contributed by atoms with E-state index in [-0.39, 0.29) is 5.70 Å². The second-order valence-electron chi connectivity index (χ2n) is 9.86. The summed E-state index contributed by atoms with van der Waals surface area (Å²) in [5, 5.41) is 29.8. The minimum atomic E-state index is -1.26. The minimum Gasteiger partial charge on any atom is -0.477 e. The van der Waals surface area contributed by atoms with Gasteiger partial charge in [-0.05, 0) is 89.0 Å². The third-order valence-corrected chi connectivity index (χ3v) is 6.98.